The summed E-state index contributed by atoms with van der Waals surface area (Å²) in [4.78, 5) is 12.0. The maximum Gasteiger partial charge on any atom is 0.223 e. The summed E-state index contributed by atoms with van der Waals surface area (Å²) in [6.07, 6.45) is 0.943. The minimum atomic E-state index is -3.37. The van der Waals surface area contributed by atoms with E-state index in [2.05, 4.69) is 12.2 Å². The first-order valence-electron chi connectivity index (χ1n) is 8.37. The van der Waals surface area contributed by atoms with Gasteiger partial charge in [0.15, 0.2) is 0 Å². The Hall–Kier alpha value is -1.44. The molecule has 1 amide bonds. The van der Waals surface area contributed by atoms with Crippen LogP contribution in [0.15, 0.2) is 24.3 Å². The number of rotatable bonds is 6. The van der Waals surface area contributed by atoms with Crippen molar-refractivity contribution in [1.82, 2.24) is 9.62 Å². The van der Waals surface area contributed by atoms with Crippen LogP contribution in [0.3, 0.4) is 0 Å². The van der Waals surface area contributed by atoms with Crippen molar-refractivity contribution in [3.05, 3.63) is 35.4 Å². The molecule has 1 N–H and O–H groups in total. The van der Waals surface area contributed by atoms with Crippen molar-refractivity contribution in [3.63, 3.8) is 0 Å². The van der Waals surface area contributed by atoms with Gasteiger partial charge in [-0.2, -0.15) is 4.31 Å². The Morgan fingerprint density at radius 3 is 2.50 bits per heavy atom. The topological polar surface area (TPSA) is 75.7 Å². The molecule has 1 aromatic rings. The smallest absolute Gasteiger partial charge is 0.223 e. The van der Waals surface area contributed by atoms with Crippen LogP contribution >= 0.6 is 0 Å². The standard InChI is InChI=1S/C17H24N2O4S/c1-13-10-16(13)17(20)18-11-14-4-2-3-5-15(14)12-24(21,22)19-6-8-23-9-7-19/h2-5,13,16H,6-12H2,1H3,(H,18,20)/t13-,16-/m1/s1. The lowest BCUT2D eigenvalue weighted by Gasteiger charge is -2.26. The van der Waals surface area contributed by atoms with Crippen LogP contribution in [0.1, 0.15) is 24.5 Å². The fourth-order valence-electron chi connectivity index (χ4n) is 2.98. The molecule has 1 aliphatic carbocycles. The predicted octanol–water partition coefficient (Wildman–Crippen LogP) is 1.12. The van der Waals surface area contributed by atoms with Gasteiger partial charge in [-0.25, -0.2) is 8.42 Å². The zero-order valence-corrected chi connectivity index (χ0v) is 14.7. The average molecular weight is 352 g/mol. The van der Waals surface area contributed by atoms with Crippen LogP contribution in [-0.2, 0) is 31.9 Å². The van der Waals surface area contributed by atoms with E-state index in [0.29, 0.717) is 38.8 Å². The maximum atomic E-state index is 12.6. The molecular weight excluding hydrogens is 328 g/mol. The van der Waals surface area contributed by atoms with Crippen LogP contribution in [0.5, 0.6) is 0 Å². The van der Waals surface area contributed by atoms with Crippen LogP contribution < -0.4 is 5.32 Å². The van der Waals surface area contributed by atoms with Gasteiger partial charge in [0.2, 0.25) is 15.9 Å². The highest BCUT2D eigenvalue weighted by molar-refractivity contribution is 7.88. The summed E-state index contributed by atoms with van der Waals surface area (Å²) in [6.45, 7) is 4.12. The average Bonchev–Trinajstić information content (AvgIpc) is 3.31. The van der Waals surface area contributed by atoms with Crippen LogP contribution in [0.25, 0.3) is 0 Å². The molecule has 1 saturated carbocycles. The number of morpholine rings is 1. The molecule has 0 unspecified atom stereocenters. The molecule has 132 valence electrons. The van der Waals surface area contributed by atoms with Gasteiger partial charge in [0, 0.05) is 25.6 Å². The van der Waals surface area contributed by atoms with Gasteiger partial charge in [0.25, 0.3) is 0 Å². The van der Waals surface area contributed by atoms with E-state index in [9.17, 15) is 13.2 Å². The number of amides is 1. The lowest BCUT2D eigenvalue weighted by atomic mass is 10.1. The molecule has 6 nitrogen and oxygen atoms in total. The van der Waals surface area contributed by atoms with E-state index in [1.54, 1.807) is 0 Å². The highest BCUT2D eigenvalue weighted by Gasteiger charge is 2.38. The summed E-state index contributed by atoms with van der Waals surface area (Å²) in [5, 5.41) is 2.93. The SMILES string of the molecule is C[C@@H]1C[C@H]1C(=O)NCc1ccccc1CS(=O)(=O)N1CCOCC1. The van der Waals surface area contributed by atoms with Gasteiger partial charge in [0.1, 0.15) is 0 Å². The van der Waals surface area contributed by atoms with E-state index in [0.717, 1.165) is 17.5 Å². The Kier molecular flexibility index (Phi) is 5.22. The molecule has 0 radical (unpaired) electrons. The Labute approximate surface area is 143 Å². The fourth-order valence-corrected chi connectivity index (χ4v) is 4.55. The van der Waals surface area contributed by atoms with Gasteiger partial charge in [-0.05, 0) is 23.5 Å². The van der Waals surface area contributed by atoms with Gasteiger partial charge >= 0.3 is 0 Å². The number of nitrogens with zero attached hydrogens (tertiary/aromatic N) is 1. The third kappa shape index (κ3) is 4.15. The fraction of sp³-hybridized carbons (Fsp3) is 0.588. The number of benzene rings is 1. The third-order valence-electron chi connectivity index (χ3n) is 4.72. The van der Waals surface area contributed by atoms with Gasteiger partial charge in [-0.15, -0.1) is 0 Å². The van der Waals surface area contributed by atoms with E-state index in [1.807, 2.05) is 24.3 Å². The molecule has 0 bridgehead atoms. The van der Waals surface area contributed by atoms with E-state index >= 15 is 0 Å². The van der Waals surface area contributed by atoms with Gasteiger partial charge in [-0.1, -0.05) is 31.2 Å². The summed E-state index contributed by atoms with van der Waals surface area (Å²) in [5.74, 6) is 0.600. The van der Waals surface area contributed by atoms with Crippen LogP contribution in [0.4, 0.5) is 0 Å². The quantitative estimate of drug-likeness (QED) is 0.832. The van der Waals surface area contributed by atoms with Crippen molar-refractivity contribution in [1.29, 1.82) is 0 Å². The lowest BCUT2D eigenvalue weighted by molar-refractivity contribution is -0.122. The van der Waals surface area contributed by atoms with Crippen LogP contribution in [-0.4, -0.2) is 44.9 Å². The number of carbonyl (C=O) groups excluding carboxylic acids is 1. The Morgan fingerprint density at radius 1 is 1.25 bits per heavy atom. The second-order valence-electron chi connectivity index (χ2n) is 6.57. The van der Waals surface area contributed by atoms with E-state index in [-0.39, 0.29) is 17.6 Å². The highest BCUT2D eigenvalue weighted by Crippen LogP contribution is 2.37. The molecule has 3 rings (SSSR count). The zero-order chi connectivity index (χ0) is 17.2. The molecular formula is C17H24N2O4S. The molecule has 7 heteroatoms. The second-order valence-corrected chi connectivity index (χ2v) is 8.54. The van der Waals surface area contributed by atoms with Gasteiger partial charge < -0.3 is 10.1 Å². The molecule has 2 fully saturated rings. The summed E-state index contributed by atoms with van der Waals surface area (Å²) in [5.41, 5.74) is 1.60. The number of hydrogen-bond donors (Lipinski definition) is 1. The van der Waals surface area contributed by atoms with Gasteiger partial charge in [0.05, 0.1) is 19.0 Å². The number of sulfonamides is 1. The van der Waals surface area contributed by atoms with E-state index in [1.165, 1.54) is 4.31 Å². The first-order valence-corrected chi connectivity index (χ1v) is 9.98. The van der Waals surface area contributed by atoms with Gasteiger partial charge in [-0.3, -0.25) is 4.79 Å². The molecule has 2 atom stereocenters. The molecule has 1 saturated heterocycles. The molecule has 1 aromatic carbocycles. The number of nitrogens with one attached hydrogen (secondary N) is 1. The summed E-state index contributed by atoms with van der Waals surface area (Å²) in [7, 11) is -3.37. The van der Waals surface area contributed by atoms with Crippen LogP contribution in [0.2, 0.25) is 0 Å². The zero-order valence-electron chi connectivity index (χ0n) is 13.9. The van der Waals surface area contributed by atoms with Crippen molar-refractivity contribution < 1.29 is 17.9 Å². The molecule has 2 aliphatic rings. The maximum absolute atomic E-state index is 12.6. The van der Waals surface area contributed by atoms with Crippen molar-refractivity contribution in [3.8, 4) is 0 Å². The van der Waals surface area contributed by atoms with Crippen molar-refractivity contribution in [2.75, 3.05) is 26.3 Å². The van der Waals surface area contributed by atoms with E-state index in [4.69, 9.17) is 4.74 Å². The molecule has 0 aromatic heterocycles. The predicted molar refractivity (Wildman–Crippen MR) is 90.6 cm³/mol. The first-order chi connectivity index (χ1) is 11.5. The second kappa shape index (κ2) is 7.21. The molecule has 1 aliphatic heterocycles. The summed E-state index contributed by atoms with van der Waals surface area (Å²) in [6, 6.07) is 7.39. The normalized spacial score (nSPS) is 24.5. The monoisotopic (exact) mass is 352 g/mol. The number of ether oxygens (including phenoxy) is 1. The minimum Gasteiger partial charge on any atom is -0.379 e. The van der Waals surface area contributed by atoms with E-state index < -0.39 is 10.0 Å². The minimum absolute atomic E-state index is 0.0428. The highest BCUT2D eigenvalue weighted by atomic mass is 32.2. The van der Waals surface area contributed by atoms with Crippen molar-refractivity contribution >= 4 is 15.9 Å². The summed E-state index contributed by atoms with van der Waals surface area (Å²) >= 11 is 0. The van der Waals surface area contributed by atoms with Crippen molar-refractivity contribution in [2.45, 2.75) is 25.6 Å². The number of carbonyl (C=O) groups is 1. The molecule has 1 heterocycles. The third-order valence-corrected chi connectivity index (χ3v) is 6.55. The largest absolute Gasteiger partial charge is 0.379 e. The number of hydrogen-bond acceptors (Lipinski definition) is 4. The first kappa shape index (κ1) is 17.4. The van der Waals surface area contributed by atoms with Crippen molar-refractivity contribution in [2.24, 2.45) is 11.8 Å². The molecule has 24 heavy (non-hydrogen) atoms. The Morgan fingerprint density at radius 2 is 1.88 bits per heavy atom. The Bertz CT molecular complexity index is 698. The Balaban J connectivity index is 1.66. The summed E-state index contributed by atoms with van der Waals surface area (Å²) < 4.78 is 31.9. The van der Waals surface area contributed by atoms with Crippen LogP contribution in [0, 0.1) is 11.8 Å². The molecule has 0 spiro atoms. The lowest BCUT2D eigenvalue weighted by Crippen LogP contribution is -2.41.